The van der Waals surface area contributed by atoms with E-state index in [1.165, 1.54) is 28.7 Å². The van der Waals surface area contributed by atoms with E-state index in [4.69, 9.17) is 0 Å². The van der Waals surface area contributed by atoms with Gasteiger partial charge in [-0.05, 0) is 18.2 Å². The van der Waals surface area contributed by atoms with E-state index in [0.717, 1.165) is 11.6 Å². The van der Waals surface area contributed by atoms with Crippen molar-refractivity contribution in [2.24, 2.45) is 0 Å². The quantitative estimate of drug-likeness (QED) is 0.710. The molecule has 9 heteroatoms. The van der Waals surface area contributed by atoms with Crippen molar-refractivity contribution in [2.45, 2.75) is 4.90 Å². The molecule has 0 saturated carbocycles. The molecule has 1 aliphatic heterocycles. The van der Waals surface area contributed by atoms with Gasteiger partial charge in [-0.2, -0.15) is 9.40 Å². The summed E-state index contributed by atoms with van der Waals surface area (Å²) in [5.41, 5.74) is 1.92. The molecule has 4 rings (SSSR count). The molecule has 0 bridgehead atoms. The van der Waals surface area contributed by atoms with Gasteiger partial charge in [-0.1, -0.05) is 36.4 Å². The number of benzene rings is 2. The topological polar surface area (TPSA) is 86.4 Å². The first-order valence-corrected chi connectivity index (χ1v) is 10.5. The lowest BCUT2D eigenvalue weighted by atomic mass is 10.1. The van der Waals surface area contributed by atoms with Gasteiger partial charge in [-0.3, -0.25) is 9.89 Å². The Labute approximate surface area is 167 Å². The average Bonchev–Trinajstić information content (AvgIpc) is 3.24. The first kappa shape index (κ1) is 19.3. The number of H-pyrrole nitrogens is 1. The highest BCUT2D eigenvalue weighted by Gasteiger charge is 2.31. The highest BCUT2D eigenvalue weighted by molar-refractivity contribution is 7.89. The fourth-order valence-corrected chi connectivity index (χ4v) is 4.81. The first-order chi connectivity index (χ1) is 14.0. The van der Waals surface area contributed by atoms with Gasteiger partial charge in [0.25, 0.3) is 5.91 Å². The number of piperazine rings is 1. The van der Waals surface area contributed by atoms with E-state index in [0.29, 0.717) is 11.3 Å². The summed E-state index contributed by atoms with van der Waals surface area (Å²) in [7, 11) is -3.80. The molecule has 0 atom stereocenters. The number of aromatic nitrogens is 2. The molecular formula is C20H19FN4O3S. The Bertz CT molecular complexity index is 1120. The lowest BCUT2D eigenvalue weighted by Crippen LogP contribution is -2.50. The summed E-state index contributed by atoms with van der Waals surface area (Å²) < 4.78 is 40.1. The Morgan fingerprint density at radius 1 is 1.00 bits per heavy atom. The van der Waals surface area contributed by atoms with E-state index in [-0.39, 0.29) is 37.0 Å². The second-order valence-corrected chi connectivity index (χ2v) is 8.62. The Kier molecular flexibility index (Phi) is 5.16. The number of carbonyl (C=O) groups is 1. The van der Waals surface area contributed by atoms with Gasteiger partial charge in [0, 0.05) is 31.7 Å². The van der Waals surface area contributed by atoms with Crippen molar-refractivity contribution in [3.8, 4) is 11.3 Å². The van der Waals surface area contributed by atoms with E-state index in [9.17, 15) is 17.6 Å². The van der Waals surface area contributed by atoms with Gasteiger partial charge in [0.15, 0.2) is 0 Å². The lowest BCUT2D eigenvalue weighted by Gasteiger charge is -2.34. The van der Waals surface area contributed by atoms with Gasteiger partial charge in [0.05, 0.1) is 22.3 Å². The third kappa shape index (κ3) is 3.79. The van der Waals surface area contributed by atoms with Crippen LogP contribution in [0.25, 0.3) is 11.3 Å². The van der Waals surface area contributed by atoms with Crippen LogP contribution in [-0.2, 0) is 10.0 Å². The molecule has 0 unspecified atom stereocenters. The maximum atomic E-state index is 13.4. The van der Waals surface area contributed by atoms with Gasteiger partial charge < -0.3 is 4.90 Å². The van der Waals surface area contributed by atoms with Crippen molar-refractivity contribution in [2.75, 3.05) is 26.2 Å². The number of hydrogen-bond acceptors (Lipinski definition) is 4. The fourth-order valence-electron chi connectivity index (χ4n) is 3.35. The predicted molar refractivity (Wildman–Crippen MR) is 105 cm³/mol. The zero-order chi connectivity index (χ0) is 20.4. The SMILES string of the molecule is O=C(c1cn[nH]c1-c1ccccc1)N1CCN(S(=O)(=O)c2cccc(F)c2)CC1. The van der Waals surface area contributed by atoms with Crippen LogP contribution in [0.1, 0.15) is 10.4 Å². The Balaban J connectivity index is 1.48. The molecule has 2 heterocycles. The molecule has 29 heavy (non-hydrogen) atoms. The summed E-state index contributed by atoms with van der Waals surface area (Å²) in [4.78, 5) is 14.5. The molecule has 1 N–H and O–H groups in total. The standard InChI is InChI=1S/C20H19FN4O3S/c21-16-7-4-8-17(13-16)29(27,28)25-11-9-24(10-12-25)20(26)18-14-22-23-19(18)15-5-2-1-3-6-15/h1-8,13-14H,9-12H2,(H,22,23). The van der Waals surface area contributed by atoms with E-state index < -0.39 is 15.8 Å². The maximum Gasteiger partial charge on any atom is 0.257 e. The van der Waals surface area contributed by atoms with Gasteiger partial charge in [-0.25, -0.2) is 12.8 Å². The number of aromatic amines is 1. The second-order valence-electron chi connectivity index (χ2n) is 6.68. The van der Waals surface area contributed by atoms with Crippen LogP contribution in [0.3, 0.4) is 0 Å². The van der Waals surface area contributed by atoms with Crippen LogP contribution in [0, 0.1) is 5.82 Å². The molecule has 0 spiro atoms. The van der Waals surface area contributed by atoms with Crippen molar-refractivity contribution in [3.63, 3.8) is 0 Å². The molecule has 1 saturated heterocycles. The summed E-state index contributed by atoms with van der Waals surface area (Å²) in [5.74, 6) is -0.811. The van der Waals surface area contributed by atoms with Gasteiger partial charge in [0.2, 0.25) is 10.0 Å². The van der Waals surface area contributed by atoms with Crippen molar-refractivity contribution in [1.82, 2.24) is 19.4 Å². The average molecular weight is 414 g/mol. The van der Waals surface area contributed by atoms with Crippen LogP contribution in [0.5, 0.6) is 0 Å². The minimum atomic E-state index is -3.80. The molecule has 1 aliphatic rings. The van der Waals surface area contributed by atoms with E-state index in [1.54, 1.807) is 4.90 Å². The number of carbonyl (C=O) groups excluding carboxylic acids is 1. The molecule has 1 amide bonds. The number of nitrogens with one attached hydrogen (secondary N) is 1. The summed E-state index contributed by atoms with van der Waals surface area (Å²) in [5, 5.41) is 6.86. The van der Waals surface area contributed by atoms with E-state index >= 15 is 0 Å². The molecule has 3 aromatic rings. The number of amides is 1. The van der Waals surface area contributed by atoms with Crippen LogP contribution >= 0.6 is 0 Å². The van der Waals surface area contributed by atoms with E-state index in [1.807, 2.05) is 30.3 Å². The Morgan fingerprint density at radius 3 is 2.41 bits per heavy atom. The van der Waals surface area contributed by atoms with Crippen LogP contribution < -0.4 is 0 Å². The fraction of sp³-hybridized carbons (Fsp3) is 0.200. The normalized spacial score (nSPS) is 15.4. The summed E-state index contributed by atoms with van der Waals surface area (Å²) in [6.07, 6.45) is 1.49. The first-order valence-electron chi connectivity index (χ1n) is 9.10. The maximum absolute atomic E-state index is 13.4. The van der Waals surface area contributed by atoms with Crippen LogP contribution in [0.4, 0.5) is 4.39 Å². The number of sulfonamides is 1. The molecule has 2 aromatic carbocycles. The minimum absolute atomic E-state index is 0.0847. The van der Waals surface area contributed by atoms with E-state index in [2.05, 4.69) is 10.2 Å². The van der Waals surface area contributed by atoms with Gasteiger partial charge >= 0.3 is 0 Å². The zero-order valence-electron chi connectivity index (χ0n) is 15.5. The largest absolute Gasteiger partial charge is 0.336 e. The smallest absolute Gasteiger partial charge is 0.257 e. The highest BCUT2D eigenvalue weighted by Crippen LogP contribution is 2.23. The third-order valence-electron chi connectivity index (χ3n) is 4.89. The van der Waals surface area contributed by atoms with Crippen LogP contribution in [-0.4, -0.2) is 59.9 Å². The Morgan fingerprint density at radius 2 is 1.72 bits per heavy atom. The summed E-state index contributed by atoms with van der Waals surface area (Å²) in [6, 6.07) is 14.3. The number of hydrogen-bond donors (Lipinski definition) is 1. The number of rotatable bonds is 4. The predicted octanol–water partition coefficient (Wildman–Crippen LogP) is 2.36. The molecule has 0 aliphatic carbocycles. The van der Waals surface area contributed by atoms with Crippen LogP contribution in [0.15, 0.2) is 65.7 Å². The number of nitrogens with zero attached hydrogens (tertiary/aromatic N) is 3. The molecule has 0 radical (unpaired) electrons. The molecule has 7 nitrogen and oxygen atoms in total. The van der Waals surface area contributed by atoms with Crippen molar-refractivity contribution >= 4 is 15.9 Å². The summed E-state index contributed by atoms with van der Waals surface area (Å²) >= 11 is 0. The molecular weight excluding hydrogens is 395 g/mol. The van der Waals surface area contributed by atoms with Crippen LogP contribution in [0.2, 0.25) is 0 Å². The lowest BCUT2D eigenvalue weighted by molar-refractivity contribution is 0.0698. The third-order valence-corrected chi connectivity index (χ3v) is 6.79. The summed E-state index contributed by atoms with van der Waals surface area (Å²) in [6.45, 7) is 0.770. The number of halogens is 1. The van der Waals surface area contributed by atoms with Crippen molar-refractivity contribution in [1.29, 1.82) is 0 Å². The monoisotopic (exact) mass is 414 g/mol. The highest BCUT2D eigenvalue weighted by atomic mass is 32.2. The second kappa shape index (κ2) is 7.76. The molecule has 1 fully saturated rings. The van der Waals surface area contributed by atoms with Crippen molar-refractivity contribution in [3.05, 3.63) is 72.2 Å². The van der Waals surface area contributed by atoms with Gasteiger partial charge in [0.1, 0.15) is 5.82 Å². The molecule has 1 aromatic heterocycles. The van der Waals surface area contributed by atoms with Crippen molar-refractivity contribution < 1.29 is 17.6 Å². The molecule has 150 valence electrons. The van der Waals surface area contributed by atoms with Gasteiger partial charge in [-0.15, -0.1) is 0 Å². The zero-order valence-corrected chi connectivity index (χ0v) is 16.3. The minimum Gasteiger partial charge on any atom is -0.336 e. The Hall–Kier alpha value is -3.04.